The lowest BCUT2D eigenvalue weighted by molar-refractivity contribution is 0.0990. The Morgan fingerprint density at radius 2 is 1.54 bits per heavy atom. The van der Waals surface area contributed by atoms with Gasteiger partial charge in [-0.25, -0.2) is 13.8 Å². The quantitative estimate of drug-likeness (QED) is 0.155. The van der Waals surface area contributed by atoms with Gasteiger partial charge in [-0.15, -0.1) is 29.8 Å². The maximum absolute atomic E-state index is 14.7. The number of rotatable bonds is 3. The molecule has 2 atom stereocenters. The normalized spacial score (nSPS) is 12.5. The molecule has 0 amide bonds. The van der Waals surface area contributed by atoms with Crippen LogP contribution in [0, 0.1) is 41.2 Å². The van der Waals surface area contributed by atoms with E-state index in [2.05, 4.69) is 18.5 Å². The Labute approximate surface area is 241 Å². The van der Waals surface area contributed by atoms with Gasteiger partial charge in [0.05, 0.1) is 27.1 Å². The highest BCUT2D eigenvalue weighted by atomic mass is 32.1. The monoisotopic (exact) mass is 596 g/mol. The third-order valence-corrected chi connectivity index (χ3v) is 9.48. The first-order valence-electron chi connectivity index (χ1n) is 12.1. The molecule has 0 spiro atoms. The molecule has 0 aliphatic heterocycles. The molecular formula is C30H16F2N4O2P2S. The largest absolute Gasteiger partial charge is 0.294 e. The lowest BCUT2D eigenvalue weighted by Gasteiger charge is -2.12. The first-order valence-corrected chi connectivity index (χ1v) is 14.0. The van der Waals surface area contributed by atoms with Gasteiger partial charge in [0.2, 0.25) is 0 Å². The van der Waals surface area contributed by atoms with Gasteiger partial charge in [0.15, 0.2) is 28.8 Å². The molecule has 6 rings (SSSR count). The van der Waals surface area contributed by atoms with Crippen molar-refractivity contribution in [3.05, 3.63) is 99.2 Å². The minimum absolute atomic E-state index is 0.0215. The molecule has 2 heterocycles. The van der Waals surface area contributed by atoms with E-state index >= 15 is 0 Å². The number of Topliss-reactive ketones (excluding diaryl/α,β-unsaturated/α-hetero) is 2. The van der Waals surface area contributed by atoms with Crippen LogP contribution in [0.3, 0.4) is 0 Å². The maximum Gasteiger partial charge on any atom is 0.197 e. The lowest BCUT2D eigenvalue weighted by atomic mass is 10.0. The molecule has 3 aromatic carbocycles. The van der Waals surface area contributed by atoms with Crippen LogP contribution in [0.15, 0.2) is 54.1 Å². The average Bonchev–Trinajstić information content (AvgIpc) is 3.60. The number of nitrogens with zero attached hydrogens (tertiary/aromatic N) is 4. The zero-order valence-electron chi connectivity index (χ0n) is 21.1. The molecule has 0 fully saturated rings. The summed E-state index contributed by atoms with van der Waals surface area (Å²) in [5, 5.41) is 19.8. The summed E-state index contributed by atoms with van der Waals surface area (Å²) in [6.07, 6.45) is 1.48. The number of para-hydroxylation sites is 1. The molecular weight excluding hydrogens is 580 g/mol. The predicted octanol–water partition coefficient (Wildman–Crippen LogP) is 5.55. The number of nitriles is 2. The number of fused-ring (bicyclic) bond motifs is 2. The van der Waals surface area contributed by atoms with Crippen molar-refractivity contribution in [2.75, 3.05) is 0 Å². The van der Waals surface area contributed by atoms with E-state index in [-0.39, 0.29) is 38.7 Å². The minimum atomic E-state index is -0.940. The summed E-state index contributed by atoms with van der Waals surface area (Å²) < 4.78 is 31.5. The third kappa shape index (κ3) is 4.05. The zero-order chi connectivity index (χ0) is 29.2. The first kappa shape index (κ1) is 26.8. The molecule has 0 radical (unpaired) electrons. The van der Waals surface area contributed by atoms with Crippen LogP contribution in [0.25, 0.3) is 32.7 Å². The summed E-state index contributed by atoms with van der Waals surface area (Å²) in [6.45, 7) is 1.50. The van der Waals surface area contributed by atoms with Gasteiger partial charge in [-0.2, -0.15) is 10.5 Å². The summed E-state index contributed by atoms with van der Waals surface area (Å²) in [7, 11) is 4.69. The molecule has 0 saturated heterocycles. The van der Waals surface area contributed by atoms with Crippen LogP contribution < -0.4 is 10.6 Å². The number of halogens is 2. The standard InChI is InChI=1S/C30H16F2N4O2P2S/c1-13-22(27(39)28(40)24(32)23(13)31)30-35-29-21(41-30)10-17(36(29)16-5-3-2-4-6-16)9-20-25(37)18-7-14(11-33)15(12-34)8-19(18)26(20)38/h2-10H,39-40H2,1H3. The van der Waals surface area contributed by atoms with Crippen LogP contribution in [-0.2, 0) is 0 Å². The van der Waals surface area contributed by atoms with Crippen LogP contribution in [0.1, 0.15) is 43.1 Å². The van der Waals surface area contributed by atoms with Crippen LogP contribution in [0.4, 0.5) is 8.78 Å². The minimum Gasteiger partial charge on any atom is -0.294 e. The van der Waals surface area contributed by atoms with Crippen molar-refractivity contribution in [2.24, 2.45) is 0 Å². The fourth-order valence-corrected chi connectivity index (χ4v) is 6.89. The van der Waals surface area contributed by atoms with Gasteiger partial charge in [0.25, 0.3) is 0 Å². The summed E-state index contributed by atoms with van der Waals surface area (Å²) in [5.41, 5.74) is 2.42. The van der Waals surface area contributed by atoms with Gasteiger partial charge in [-0.1, -0.05) is 18.2 Å². The SMILES string of the molecule is Cc1c(F)c(F)c(P)c(P)c1-c1nc2c(cc(C=C3C(=O)c4cc(C#N)c(C#N)cc4C3=O)n2-c2ccccc2)s1. The van der Waals surface area contributed by atoms with E-state index < -0.39 is 23.2 Å². The molecule has 11 heteroatoms. The number of aromatic nitrogens is 2. The van der Waals surface area contributed by atoms with Crippen molar-refractivity contribution in [3.8, 4) is 28.4 Å². The number of allylic oxidation sites excluding steroid dienone is 1. The van der Waals surface area contributed by atoms with E-state index in [1.54, 1.807) is 10.6 Å². The molecule has 5 aromatic rings. The van der Waals surface area contributed by atoms with E-state index in [0.29, 0.717) is 37.6 Å². The van der Waals surface area contributed by atoms with Gasteiger partial charge in [0.1, 0.15) is 17.1 Å². The Morgan fingerprint density at radius 3 is 2.12 bits per heavy atom. The molecule has 0 N–H and O–H groups in total. The number of hydrogen-bond donors (Lipinski definition) is 0. The Morgan fingerprint density at radius 1 is 0.927 bits per heavy atom. The van der Waals surface area contributed by atoms with E-state index in [1.807, 2.05) is 42.5 Å². The topological polar surface area (TPSA) is 99.5 Å². The van der Waals surface area contributed by atoms with E-state index in [9.17, 15) is 28.9 Å². The van der Waals surface area contributed by atoms with E-state index in [0.717, 1.165) is 0 Å². The highest BCUT2D eigenvalue weighted by molar-refractivity contribution is 7.36. The summed E-state index contributed by atoms with van der Waals surface area (Å²) in [6, 6.07) is 17.3. The average molecular weight is 596 g/mol. The Bertz CT molecular complexity index is 2030. The van der Waals surface area contributed by atoms with Crippen molar-refractivity contribution in [2.45, 2.75) is 6.92 Å². The highest BCUT2D eigenvalue weighted by Gasteiger charge is 2.35. The number of hydrogen-bond acceptors (Lipinski definition) is 6. The zero-order valence-corrected chi connectivity index (χ0v) is 24.2. The van der Waals surface area contributed by atoms with Gasteiger partial charge in [-0.05, 0) is 54.2 Å². The van der Waals surface area contributed by atoms with Gasteiger partial charge < -0.3 is 0 Å². The fourth-order valence-electron chi connectivity index (χ4n) is 4.92. The van der Waals surface area contributed by atoms with Crippen molar-refractivity contribution < 1.29 is 18.4 Å². The van der Waals surface area contributed by atoms with Crippen molar-refractivity contribution in [3.63, 3.8) is 0 Å². The second kappa shape index (κ2) is 9.91. The first-order chi connectivity index (χ1) is 19.7. The van der Waals surface area contributed by atoms with Crippen LogP contribution in [-0.4, -0.2) is 21.1 Å². The van der Waals surface area contributed by atoms with Gasteiger partial charge in [-0.3, -0.25) is 14.2 Å². The number of carbonyl (C=O) groups excluding carboxylic acids is 2. The van der Waals surface area contributed by atoms with Gasteiger partial charge >= 0.3 is 0 Å². The molecule has 6 nitrogen and oxygen atoms in total. The Kier molecular flexibility index (Phi) is 6.48. The molecule has 2 aromatic heterocycles. The summed E-state index contributed by atoms with van der Waals surface area (Å²) >= 11 is 1.27. The second-order valence-electron chi connectivity index (χ2n) is 9.29. The Hall–Kier alpha value is -4.39. The smallest absolute Gasteiger partial charge is 0.197 e. The van der Waals surface area contributed by atoms with Crippen molar-refractivity contribution in [1.82, 2.24) is 9.55 Å². The van der Waals surface area contributed by atoms with Crippen molar-refractivity contribution in [1.29, 1.82) is 10.5 Å². The van der Waals surface area contributed by atoms with Crippen LogP contribution in [0.2, 0.25) is 0 Å². The molecule has 1 aliphatic rings. The van der Waals surface area contributed by atoms with E-state index in [1.165, 1.54) is 36.5 Å². The summed E-state index contributed by atoms with van der Waals surface area (Å²) in [4.78, 5) is 31.4. The molecule has 198 valence electrons. The molecule has 1 aliphatic carbocycles. The third-order valence-electron chi connectivity index (χ3n) is 6.97. The van der Waals surface area contributed by atoms with E-state index in [4.69, 9.17) is 4.98 Å². The lowest BCUT2D eigenvalue weighted by Crippen LogP contribution is -2.22. The molecule has 0 saturated carbocycles. The van der Waals surface area contributed by atoms with Crippen LogP contribution >= 0.6 is 29.8 Å². The fraction of sp³-hybridized carbons (Fsp3) is 0.0333. The number of benzene rings is 3. The number of carbonyl (C=O) groups is 2. The molecule has 41 heavy (non-hydrogen) atoms. The van der Waals surface area contributed by atoms with Crippen LogP contribution in [0.5, 0.6) is 0 Å². The number of ketones is 2. The highest BCUT2D eigenvalue weighted by Crippen LogP contribution is 2.38. The maximum atomic E-state index is 14.7. The molecule has 2 unspecified atom stereocenters. The predicted molar refractivity (Wildman–Crippen MR) is 160 cm³/mol. The Balaban J connectivity index is 1.56. The number of thiazole rings is 1. The second-order valence-corrected chi connectivity index (χ2v) is 11.5. The summed E-state index contributed by atoms with van der Waals surface area (Å²) in [5.74, 6) is -2.95. The molecule has 0 bridgehead atoms. The van der Waals surface area contributed by atoms with Gasteiger partial charge in [0, 0.05) is 27.7 Å². The van der Waals surface area contributed by atoms with Crippen molar-refractivity contribution >= 4 is 68.4 Å².